The molecule has 130 valence electrons. The zero-order chi connectivity index (χ0) is 17.5. The highest BCUT2D eigenvalue weighted by Crippen LogP contribution is 2.24. The summed E-state index contributed by atoms with van der Waals surface area (Å²) in [6.45, 7) is 3.90. The average molecular weight is 354 g/mol. The maximum Gasteiger partial charge on any atom is 0.268 e. The molecule has 0 aromatic carbocycles. The largest absolute Gasteiger partial charge is 0.368 e. The van der Waals surface area contributed by atoms with E-state index in [1.165, 1.54) is 24.6 Å². The van der Waals surface area contributed by atoms with Crippen molar-refractivity contribution in [2.24, 2.45) is 0 Å². The van der Waals surface area contributed by atoms with Gasteiger partial charge in [-0.1, -0.05) is 0 Å². The van der Waals surface area contributed by atoms with Gasteiger partial charge in [-0.05, 0) is 32.4 Å². The fourth-order valence-corrected chi connectivity index (χ4v) is 3.20. The summed E-state index contributed by atoms with van der Waals surface area (Å²) in [6, 6.07) is 3.52. The van der Waals surface area contributed by atoms with Gasteiger partial charge in [-0.25, -0.2) is 22.0 Å². The molecule has 1 saturated heterocycles. The monoisotopic (exact) mass is 354 g/mol. The molecule has 1 fully saturated rings. The second-order valence-corrected chi connectivity index (χ2v) is 8.37. The number of fused-ring (bicyclic) bond motifs is 1. The number of halogens is 1. The minimum atomic E-state index is -3.72. The molecule has 7 nitrogen and oxygen atoms in total. The third-order valence-electron chi connectivity index (χ3n) is 4.10. The molecule has 3 rings (SSSR count). The molecule has 9 heteroatoms. The van der Waals surface area contributed by atoms with Crippen molar-refractivity contribution in [2.45, 2.75) is 31.7 Å². The van der Waals surface area contributed by atoms with Crippen molar-refractivity contribution in [3.8, 4) is 0 Å². The van der Waals surface area contributed by atoms with Crippen LogP contribution in [0, 0.1) is 0 Å². The zero-order valence-corrected chi connectivity index (χ0v) is 14.3. The van der Waals surface area contributed by atoms with Gasteiger partial charge < -0.3 is 4.90 Å². The Hall–Kier alpha value is -2.16. The number of carbonyl (C=O) groups excluding carboxylic acids is 1. The number of rotatable bonds is 4. The molecule has 0 spiro atoms. The fraction of sp³-hybridized carbons (Fsp3) is 0.467. The van der Waals surface area contributed by atoms with Crippen LogP contribution in [0.3, 0.4) is 0 Å². The molecule has 24 heavy (non-hydrogen) atoms. The van der Waals surface area contributed by atoms with Gasteiger partial charge in [0, 0.05) is 25.0 Å². The molecule has 1 aliphatic heterocycles. The van der Waals surface area contributed by atoms with E-state index in [1.54, 1.807) is 18.3 Å². The van der Waals surface area contributed by atoms with Crippen molar-refractivity contribution >= 4 is 27.1 Å². The first-order valence-corrected chi connectivity index (χ1v) is 9.25. The Morgan fingerprint density at radius 2 is 2.21 bits per heavy atom. The van der Waals surface area contributed by atoms with Gasteiger partial charge in [0.2, 0.25) is 10.0 Å². The van der Waals surface area contributed by atoms with E-state index in [9.17, 15) is 17.6 Å². The molecule has 1 amide bonds. The van der Waals surface area contributed by atoms with Crippen LogP contribution in [-0.4, -0.2) is 48.5 Å². The number of hydrogen-bond donors (Lipinski definition) is 1. The van der Waals surface area contributed by atoms with Crippen LogP contribution in [0.4, 0.5) is 10.1 Å². The van der Waals surface area contributed by atoms with Crippen LogP contribution in [0.1, 0.15) is 30.6 Å². The summed E-state index contributed by atoms with van der Waals surface area (Å²) in [7, 11) is -3.72. The highest BCUT2D eigenvalue weighted by molar-refractivity contribution is 7.90. The number of amides is 1. The SMILES string of the molecule is CC(C)S(=O)(=O)NC(=O)c1cnn2ccc(N3CCC(F)C3)cc12. The minimum Gasteiger partial charge on any atom is -0.368 e. The molecular formula is C15H19FN4O3S. The summed E-state index contributed by atoms with van der Waals surface area (Å²) in [5.41, 5.74) is 1.42. The van der Waals surface area contributed by atoms with Gasteiger partial charge in [0.15, 0.2) is 0 Å². The Morgan fingerprint density at radius 1 is 1.46 bits per heavy atom. The number of aromatic nitrogens is 2. The second kappa shape index (κ2) is 6.04. The second-order valence-electron chi connectivity index (χ2n) is 6.13. The van der Waals surface area contributed by atoms with Crippen molar-refractivity contribution in [1.82, 2.24) is 14.3 Å². The first-order chi connectivity index (χ1) is 11.3. The highest BCUT2D eigenvalue weighted by atomic mass is 32.2. The summed E-state index contributed by atoms with van der Waals surface area (Å²) < 4.78 is 40.7. The minimum absolute atomic E-state index is 0.164. The van der Waals surface area contributed by atoms with Crippen molar-refractivity contribution < 1.29 is 17.6 Å². The Balaban J connectivity index is 1.93. The van der Waals surface area contributed by atoms with Crippen LogP contribution < -0.4 is 9.62 Å². The number of carbonyl (C=O) groups is 1. The summed E-state index contributed by atoms with van der Waals surface area (Å²) in [5, 5.41) is 3.35. The Kier molecular flexibility index (Phi) is 4.20. The van der Waals surface area contributed by atoms with Crippen molar-refractivity contribution in [1.29, 1.82) is 0 Å². The smallest absolute Gasteiger partial charge is 0.268 e. The topological polar surface area (TPSA) is 83.8 Å². The Bertz CT molecular complexity index is 878. The lowest BCUT2D eigenvalue weighted by Crippen LogP contribution is -2.35. The summed E-state index contributed by atoms with van der Waals surface area (Å²) in [4.78, 5) is 14.2. The van der Waals surface area contributed by atoms with Crippen molar-refractivity contribution in [3.05, 3.63) is 30.1 Å². The number of anilines is 1. The van der Waals surface area contributed by atoms with Crippen LogP contribution in [0.2, 0.25) is 0 Å². The molecule has 1 atom stereocenters. The van der Waals surface area contributed by atoms with Gasteiger partial charge in [0.25, 0.3) is 5.91 Å². The number of hydrogen-bond acceptors (Lipinski definition) is 5. The predicted octanol–water partition coefficient (Wildman–Crippen LogP) is 1.35. The van der Waals surface area contributed by atoms with E-state index >= 15 is 0 Å². The zero-order valence-electron chi connectivity index (χ0n) is 13.4. The van der Waals surface area contributed by atoms with Crippen LogP contribution in [0.25, 0.3) is 5.52 Å². The fourth-order valence-electron chi connectivity index (χ4n) is 2.60. The number of pyridine rings is 1. The van der Waals surface area contributed by atoms with Crippen molar-refractivity contribution in [2.75, 3.05) is 18.0 Å². The van der Waals surface area contributed by atoms with E-state index in [0.717, 1.165) is 5.69 Å². The maximum atomic E-state index is 13.4. The maximum absolute atomic E-state index is 13.4. The molecule has 0 bridgehead atoms. The lowest BCUT2D eigenvalue weighted by atomic mass is 10.2. The average Bonchev–Trinajstić information content (AvgIpc) is 3.11. The molecule has 0 saturated carbocycles. The van der Waals surface area contributed by atoms with Crippen LogP contribution in [-0.2, 0) is 10.0 Å². The summed E-state index contributed by atoms with van der Waals surface area (Å²) in [6.07, 6.45) is 2.62. The number of nitrogens with one attached hydrogen (secondary N) is 1. The van der Waals surface area contributed by atoms with Crippen LogP contribution in [0.5, 0.6) is 0 Å². The van der Waals surface area contributed by atoms with Crippen molar-refractivity contribution in [3.63, 3.8) is 0 Å². The molecule has 1 aliphatic rings. The van der Waals surface area contributed by atoms with Gasteiger partial charge in [0.1, 0.15) is 6.17 Å². The van der Waals surface area contributed by atoms with E-state index in [1.807, 2.05) is 4.90 Å². The molecular weight excluding hydrogens is 335 g/mol. The van der Waals surface area contributed by atoms with Crippen LogP contribution in [0.15, 0.2) is 24.5 Å². The van der Waals surface area contributed by atoms with E-state index in [-0.39, 0.29) is 5.56 Å². The molecule has 1 unspecified atom stereocenters. The van der Waals surface area contributed by atoms with E-state index in [0.29, 0.717) is 25.0 Å². The third-order valence-corrected chi connectivity index (χ3v) is 5.81. The predicted molar refractivity (Wildman–Crippen MR) is 88.4 cm³/mol. The Morgan fingerprint density at radius 3 is 2.83 bits per heavy atom. The molecule has 1 N–H and O–H groups in total. The number of sulfonamides is 1. The van der Waals surface area contributed by atoms with Gasteiger partial charge >= 0.3 is 0 Å². The third kappa shape index (κ3) is 3.08. The quantitative estimate of drug-likeness (QED) is 0.896. The molecule has 3 heterocycles. The van der Waals surface area contributed by atoms with E-state index < -0.39 is 27.4 Å². The molecule has 2 aromatic rings. The van der Waals surface area contributed by atoms with E-state index in [4.69, 9.17) is 0 Å². The van der Waals surface area contributed by atoms with E-state index in [2.05, 4.69) is 9.82 Å². The first-order valence-electron chi connectivity index (χ1n) is 7.70. The molecule has 2 aromatic heterocycles. The van der Waals surface area contributed by atoms with Gasteiger partial charge in [0.05, 0.1) is 22.5 Å². The highest BCUT2D eigenvalue weighted by Gasteiger charge is 2.24. The number of alkyl halides is 1. The molecule has 0 aliphatic carbocycles. The Labute approximate surface area is 139 Å². The number of nitrogens with zero attached hydrogens (tertiary/aromatic N) is 3. The lowest BCUT2D eigenvalue weighted by molar-refractivity contribution is 0.0982. The van der Waals surface area contributed by atoms with Gasteiger partial charge in [-0.2, -0.15) is 5.10 Å². The lowest BCUT2D eigenvalue weighted by Gasteiger charge is -2.17. The van der Waals surface area contributed by atoms with Crippen LogP contribution >= 0.6 is 0 Å². The van der Waals surface area contributed by atoms with Gasteiger partial charge in [-0.3, -0.25) is 4.79 Å². The summed E-state index contributed by atoms with van der Waals surface area (Å²) in [5.74, 6) is -0.722. The normalized spacial score (nSPS) is 18.5. The first kappa shape index (κ1) is 16.7. The summed E-state index contributed by atoms with van der Waals surface area (Å²) >= 11 is 0. The standard InChI is InChI=1S/C15H19FN4O3S/c1-10(2)24(22,23)18-15(21)13-8-17-20-6-4-12(7-14(13)20)19-5-3-11(16)9-19/h4,6-8,10-11H,3,5,9H2,1-2H3,(H,18,21). The molecule has 0 radical (unpaired) electrons. The van der Waals surface area contributed by atoms with Gasteiger partial charge in [-0.15, -0.1) is 0 Å².